The summed E-state index contributed by atoms with van der Waals surface area (Å²) in [5.74, 6) is -0.301. The number of rotatable bonds is 0. The van der Waals surface area contributed by atoms with E-state index in [1.807, 2.05) is 20.8 Å². The Hall–Kier alpha value is -1.12. The van der Waals surface area contributed by atoms with Gasteiger partial charge in [-0.2, -0.15) is 0 Å². The maximum atomic E-state index is 11.1. The standard InChI is InChI=1S/C9H13NO2/c1-9(2,3)5-6-7(11)4-8(12)10-6/h5H,4H2,1-3H3,(H,10,12)/b6-5-. The lowest BCUT2D eigenvalue weighted by atomic mass is 9.95. The van der Waals surface area contributed by atoms with E-state index in [9.17, 15) is 9.59 Å². The summed E-state index contributed by atoms with van der Waals surface area (Å²) in [7, 11) is 0. The van der Waals surface area contributed by atoms with Crippen molar-refractivity contribution in [2.24, 2.45) is 5.41 Å². The number of carbonyl (C=O) groups excluding carboxylic acids is 2. The number of nitrogens with one attached hydrogen (secondary N) is 1. The topological polar surface area (TPSA) is 46.2 Å². The van der Waals surface area contributed by atoms with Crippen molar-refractivity contribution in [3.8, 4) is 0 Å². The molecule has 0 bridgehead atoms. The fourth-order valence-electron chi connectivity index (χ4n) is 1.05. The molecule has 3 heteroatoms. The van der Waals surface area contributed by atoms with Crippen LogP contribution in [0.25, 0.3) is 0 Å². The third kappa shape index (κ3) is 2.19. The molecule has 12 heavy (non-hydrogen) atoms. The van der Waals surface area contributed by atoms with Gasteiger partial charge in [0.25, 0.3) is 0 Å². The molecule has 0 radical (unpaired) electrons. The molecular weight excluding hydrogens is 154 g/mol. The van der Waals surface area contributed by atoms with Crippen LogP contribution in [0.2, 0.25) is 0 Å². The molecule has 0 saturated carbocycles. The maximum Gasteiger partial charge on any atom is 0.232 e. The van der Waals surface area contributed by atoms with Gasteiger partial charge in [-0.15, -0.1) is 0 Å². The van der Waals surface area contributed by atoms with Gasteiger partial charge >= 0.3 is 0 Å². The summed E-state index contributed by atoms with van der Waals surface area (Å²) >= 11 is 0. The average Bonchev–Trinajstić information content (AvgIpc) is 2.06. The van der Waals surface area contributed by atoms with Crippen LogP contribution in [0.4, 0.5) is 0 Å². The van der Waals surface area contributed by atoms with Crippen LogP contribution < -0.4 is 5.32 Å². The minimum atomic E-state index is -0.199. The van der Waals surface area contributed by atoms with E-state index in [1.54, 1.807) is 6.08 Å². The van der Waals surface area contributed by atoms with E-state index in [1.165, 1.54) is 0 Å². The van der Waals surface area contributed by atoms with Gasteiger partial charge in [0.05, 0.1) is 12.1 Å². The van der Waals surface area contributed by atoms with E-state index in [2.05, 4.69) is 5.32 Å². The quantitative estimate of drug-likeness (QED) is 0.432. The molecule has 1 aliphatic heterocycles. The van der Waals surface area contributed by atoms with Crippen LogP contribution in [0.1, 0.15) is 27.2 Å². The summed E-state index contributed by atoms with van der Waals surface area (Å²) in [6.45, 7) is 5.95. The summed E-state index contributed by atoms with van der Waals surface area (Å²) in [6, 6.07) is 0. The Morgan fingerprint density at radius 3 is 2.25 bits per heavy atom. The van der Waals surface area contributed by atoms with Crippen LogP contribution in [0.15, 0.2) is 11.8 Å². The first-order valence-electron chi connectivity index (χ1n) is 3.94. The second-order valence-corrected chi connectivity index (χ2v) is 4.07. The second-order valence-electron chi connectivity index (χ2n) is 4.07. The zero-order valence-electron chi connectivity index (χ0n) is 7.60. The molecule has 0 aromatic heterocycles. The van der Waals surface area contributed by atoms with Gasteiger partial charge in [0, 0.05) is 0 Å². The summed E-state index contributed by atoms with van der Waals surface area (Å²) < 4.78 is 0. The molecule has 1 heterocycles. The first-order chi connectivity index (χ1) is 5.38. The van der Waals surface area contributed by atoms with Gasteiger partial charge in [-0.25, -0.2) is 0 Å². The molecule has 66 valence electrons. The third-order valence-electron chi connectivity index (χ3n) is 1.47. The molecule has 1 rings (SSSR count). The van der Waals surface area contributed by atoms with Gasteiger partial charge in [0.15, 0.2) is 5.78 Å². The number of hydrogen-bond donors (Lipinski definition) is 1. The fraction of sp³-hybridized carbons (Fsp3) is 0.556. The maximum absolute atomic E-state index is 11.1. The van der Waals surface area contributed by atoms with Gasteiger partial charge in [0.1, 0.15) is 0 Å². The highest BCUT2D eigenvalue weighted by Gasteiger charge is 2.25. The predicted octanol–water partition coefficient (Wildman–Crippen LogP) is 1.01. The second kappa shape index (κ2) is 2.73. The Labute approximate surface area is 71.8 Å². The third-order valence-corrected chi connectivity index (χ3v) is 1.47. The van der Waals surface area contributed by atoms with Crippen molar-refractivity contribution in [1.82, 2.24) is 5.32 Å². The summed E-state index contributed by atoms with van der Waals surface area (Å²) in [5, 5.41) is 2.53. The Morgan fingerprint density at radius 2 is 1.92 bits per heavy atom. The van der Waals surface area contributed by atoms with Crippen molar-refractivity contribution in [3.63, 3.8) is 0 Å². The average molecular weight is 167 g/mol. The smallest absolute Gasteiger partial charge is 0.232 e. The van der Waals surface area contributed by atoms with E-state index in [-0.39, 0.29) is 23.5 Å². The lowest BCUT2D eigenvalue weighted by Gasteiger charge is -2.12. The number of allylic oxidation sites excluding steroid dienone is 2. The van der Waals surface area contributed by atoms with Crippen molar-refractivity contribution < 1.29 is 9.59 Å². The molecular formula is C9H13NO2. The van der Waals surface area contributed by atoms with Crippen LogP contribution >= 0.6 is 0 Å². The van der Waals surface area contributed by atoms with Crippen molar-refractivity contribution in [3.05, 3.63) is 11.8 Å². The van der Waals surface area contributed by atoms with E-state index < -0.39 is 0 Å². The lowest BCUT2D eigenvalue weighted by Crippen LogP contribution is -2.15. The van der Waals surface area contributed by atoms with Crippen LogP contribution in [0, 0.1) is 5.41 Å². The zero-order chi connectivity index (χ0) is 9.35. The van der Waals surface area contributed by atoms with Crippen LogP contribution in [0.3, 0.4) is 0 Å². The summed E-state index contributed by atoms with van der Waals surface area (Å²) in [4.78, 5) is 21.9. The van der Waals surface area contributed by atoms with Gasteiger partial charge in [-0.05, 0) is 5.41 Å². The van der Waals surface area contributed by atoms with Crippen LogP contribution in [0.5, 0.6) is 0 Å². The molecule has 0 unspecified atom stereocenters. The van der Waals surface area contributed by atoms with Crippen molar-refractivity contribution in [2.45, 2.75) is 27.2 Å². The number of carbonyl (C=O) groups is 2. The molecule has 1 amide bonds. The van der Waals surface area contributed by atoms with E-state index in [0.29, 0.717) is 5.70 Å². The zero-order valence-corrected chi connectivity index (χ0v) is 7.60. The summed E-state index contributed by atoms with van der Waals surface area (Å²) in [5.41, 5.74) is 0.385. The Kier molecular flexibility index (Phi) is 2.04. The van der Waals surface area contributed by atoms with Crippen LogP contribution in [-0.4, -0.2) is 11.7 Å². The minimum absolute atomic E-state index is 0.00190. The predicted molar refractivity (Wildman–Crippen MR) is 45.3 cm³/mol. The Balaban J connectivity index is 2.84. The molecule has 0 aliphatic carbocycles. The number of ketones is 1. The normalized spacial score (nSPS) is 21.8. The first-order valence-corrected chi connectivity index (χ1v) is 3.94. The fourth-order valence-corrected chi connectivity index (χ4v) is 1.05. The van der Waals surface area contributed by atoms with Crippen molar-refractivity contribution in [1.29, 1.82) is 0 Å². The molecule has 3 nitrogen and oxygen atoms in total. The molecule has 1 N–H and O–H groups in total. The minimum Gasteiger partial charge on any atom is -0.323 e. The molecule has 0 aromatic carbocycles. The van der Waals surface area contributed by atoms with Crippen LogP contribution in [-0.2, 0) is 9.59 Å². The van der Waals surface area contributed by atoms with Gasteiger partial charge < -0.3 is 5.32 Å². The lowest BCUT2D eigenvalue weighted by molar-refractivity contribution is -0.121. The molecule has 1 saturated heterocycles. The summed E-state index contributed by atoms with van der Waals surface area (Å²) in [6.07, 6.45) is 1.79. The number of hydrogen-bond acceptors (Lipinski definition) is 2. The van der Waals surface area contributed by atoms with Gasteiger partial charge in [-0.3, -0.25) is 9.59 Å². The Bertz CT molecular complexity index is 258. The van der Waals surface area contributed by atoms with Crippen molar-refractivity contribution >= 4 is 11.7 Å². The van der Waals surface area contributed by atoms with Gasteiger partial charge in [0.2, 0.25) is 5.91 Å². The monoisotopic (exact) mass is 167 g/mol. The molecule has 1 aliphatic rings. The highest BCUT2D eigenvalue weighted by molar-refractivity contribution is 6.14. The highest BCUT2D eigenvalue weighted by atomic mass is 16.2. The highest BCUT2D eigenvalue weighted by Crippen LogP contribution is 2.19. The van der Waals surface area contributed by atoms with Gasteiger partial charge in [-0.1, -0.05) is 26.8 Å². The van der Waals surface area contributed by atoms with Crippen molar-refractivity contribution in [2.75, 3.05) is 0 Å². The number of amides is 1. The first kappa shape index (κ1) is 8.97. The SMILES string of the molecule is CC(C)(C)/C=C1\NC(=O)CC1=O. The number of Topliss-reactive ketones (excluding diaryl/α,β-unsaturated/α-hetero) is 1. The molecule has 0 spiro atoms. The van der Waals surface area contributed by atoms with E-state index in [4.69, 9.17) is 0 Å². The Morgan fingerprint density at radius 1 is 1.33 bits per heavy atom. The molecule has 0 aromatic rings. The molecule has 1 fully saturated rings. The molecule has 0 atom stereocenters. The van der Waals surface area contributed by atoms with E-state index in [0.717, 1.165) is 0 Å². The van der Waals surface area contributed by atoms with E-state index >= 15 is 0 Å². The largest absolute Gasteiger partial charge is 0.323 e.